The first kappa shape index (κ1) is 14.9. The van der Waals surface area contributed by atoms with Crippen LogP contribution < -0.4 is 10.1 Å². The van der Waals surface area contributed by atoms with Crippen LogP contribution >= 0.6 is 0 Å². The zero-order valence-electron chi connectivity index (χ0n) is 13.7. The average Bonchev–Trinajstić information content (AvgIpc) is 2.45. The third-order valence-corrected chi connectivity index (χ3v) is 4.98. The summed E-state index contributed by atoms with van der Waals surface area (Å²) in [4.78, 5) is 0. The predicted molar refractivity (Wildman–Crippen MR) is 87.8 cm³/mol. The minimum atomic E-state index is 0.0910. The number of fused-ring (bicyclic) bond motifs is 1. The number of benzene rings is 1. The van der Waals surface area contributed by atoms with Crippen LogP contribution in [0.5, 0.6) is 5.75 Å². The molecule has 0 radical (unpaired) electrons. The molecule has 3 rings (SSSR count). The lowest BCUT2D eigenvalue weighted by molar-refractivity contribution is -0.00300. The summed E-state index contributed by atoms with van der Waals surface area (Å²) in [6.45, 7) is 7.79. The summed E-state index contributed by atoms with van der Waals surface area (Å²) in [6, 6.07) is 7.16. The molecule has 1 atom stereocenters. The molecule has 1 spiro atoms. The summed E-state index contributed by atoms with van der Waals surface area (Å²) in [6.07, 6.45) is 7.59. The Morgan fingerprint density at radius 2 is 2.00 bits per heavy atom. The highest BCUT2D eigenvalue weighted by Gasteiger charge is 2.41. The smallest absolute Gasteiger partial charge is 0.125 e. The first-order valence-electron chi connectivity index (χ1n) is 8.61. The molecule has 0 bridgehead atoms. The first-order chi connectivity index (χ1) is 10.1. The van der Waals surface area contributed by atoms with E-state index in [4.69, 9.17) is 4.74 Å². The van der Waals surface area contributed by atoms with Crippen molar-refractivity contribution < 1.29 is 4.74 Å². The van der Waals surface area contributed by atoms with E-state index in [1.54, 1.807) is 0 Å². The first-order valence-corrected chi connectivity index (χ1v) is 8.61. The van der Waals surface area contributed by atoms with Gasteiger partial charge in [-0.05, 0) is 56.7 Å². The Balaban J connectivity index is 1.88. The minimum Gasteiger partial charge on any atom is -0.487 e. The number of hydrogen-bond acceptors (Lipinski definition) is 2. The molecule has 1 aromatic rings. The summed E-state index contributed by atoms with van der Waals surface area (Å²) in [5, 5.41) is 3.79. The molecule has 0 saturated heterocycles. The lowest BCUT2D eigenvalue weighted by Crippen LogP contribution is -2.46. The molecule has 1 aliphatic carbocycles. The van der Waals surface area contributed by atoms with Crippen LogP contribution in [0.2, 0.25) is 0 Å². The van der Waals surface area contributed by atoms with E-state index in [0.29, 0.717) is 12.0 Å². The summed E-state index contributed by atoms with van der Waals surface area (Å²) in [7, 11) is 0. The molecule has 1 unspecified atom stereocenters. The van der Waals surface area contributed by atoms with E-state index in [9.17, 15) is 0 Å². The van der Waals surface area contributed by atoms with Crippen molar-refractivity contribution in [3.63, 3.8) is 0 Å². The van der Waals surface area contributed by atoms with Crippen LogP contribution in [-0.4, -0.2) is 12.1 Å². The highest BCUT2D eigenvalue weighted by molar-refractivity contribution is 5.42. The second kappa shape index (κ2) is 6.00. The summed E-state index contributed by atoms with van der Waals surface area (Å²) < 4.78 is 6.54. The van der Waals surface area contributed by atoms with Crippen molar-refractivity contribution in [3.05, 3.63) is 29.3 Å². The van der Waals surface area contributed by atoms with Crippen LogP contribution in [0.3, 0.4) is 0 Å². The quantitative estimate of drug-likeness (QED) is 0.865. The van der Waals surface area contributed by atoms with Gasteiger partial charge in [-0.15, -0.1) is 0 Å². The van der Waals surface area contributed by atoms with E-state index >= 15 is 0 Å². The molecule has 1 aliphatic heterocycles. The normalized spacial score (nSPS) is 23.9. The number of aryl methyl sites for hydroxylation is 1. The maximum atomic E-state index is 6.54. The van der Waals surface area contributed by atoms with Crippen molar-refractivity contribution in [2.75, 3.05) is 6.54 Å². The summed E-state index contributed by atoms with van der Waals surface area (Å²) >= 11 is 0. The molecule has 2 heteroatoms. The second-order valence-electron chi connectivity index (χ2n) is 7.45. The Bertz CT molecular complexity index is 488. The third-order valence-electron chi connectivity index (χ3n) is 4.98. The molecule has 1 fully saturated rings. The van der Waals surface area contributed by atoms with Crippen molar-refractivity contribution in [1.29, 1.82) is 0 Å². The highest BCUT2D eigenvalue weighted by atomic mass is 16.5. The standard InChI is InChI=1S/C19H29NO/c1-14(2)13-20-17-12-19(9-5-4-6-10-19)21-18-11-15(3)7-8-16(17)18/h7-8,11,14,17,20H,4-6,9-10,12-13H2,1-3H3. The van der Waals surface area contributed by atoms with Gasteiger partial charge in [-0.3, -0.25) is 0 Å². The summed E-state index contributed by atoms with van der Waals surface area (Å²) in [5.74, 6) is 1.81. The van der Waals surface area contributed by atoms with Gasteiger partial charge in [0.05, 0.1) is 0 Å². The number of ether oxygens (including phenoxy) is 1. The van der Waals surface area contributed by atoms with Gasteiger partial charge >= 0.3 is 0 Å². The van der Waals surface area contributed by atoms with E-state index in [-0.39, 0.29) is 5.60 Å². The Labute approximate surface area is 129 Å². The van der Waals surface area contributed by atoms with E-state index in [1.165, 1.54) is 43.2 Å². The van der Waals surface area contributed by atoms with Crippen molar-refractivity contribution in [2.45, 2.75) is 70.9 Å². The Hall–Kier alpha value is -1.02. The zero-order valence-corrected chi connectivity index (χ0v) is 13.7. The Morgan fingerprint density at radius 3 is 2.71 bits per heavy atom. The van der Waals surface area contributed by atoms with Gasteiger partial charge in [0.15, 0.2) is 0 Å². The van der Waals surface area contributed by atoms with Crippen molar-refractivity contribution in [3.8, 4) is 5.75 Å². The van der Waals surface area contributed by atoms with Crippen molar-refractivity contribution in [1.82, 2.24) is 5.32 Å². The average molecular weight is 287 g/mol. The zero-order chi connectivity index (χ0) is 14.9. The van der Waals surface area contributed by atoms with Gasteiger partial charge in [0.1, 0.15) is 11.4 Å². The van der Waals surface area contributed by atoms with Gasteiger partial charge in [-0.25, -0.2) is 0 Å². The van der Waals surface area contributed by atoms with E-state index < -0.39 is 0 Å². The SMILES string of the molecule is Cc1ccc2c(c1)OC1(CCCCC1)CC2NCC(C)C. The molecule has 1 N–H and O–H groups in total. The van der Waals surface area contributed by atoms with E-state index in [0.717, 1.165) is 18.7 Å². The van der Waals surface area contributed by atoms with Gasteiger partial charge in [0.2, 0.25) is 0 Å². The minimum absolute atomic E-state index is 0.0910. The van der Waals surface area contributed by atoms with Crippen LogP contribution in [-0.2, 0) is 0 Å². The fraction of sp³-hybridized carbons (Fsp3) is 0.684. The molecule has 1 aromatic carbocycles. The van der Waals surface area contributed by atoms with Crippen LogP contribution in [0.15, 0.2) is 18.2 Å². The van der Waals surface area contributed by atoms with Gasteiger partial charge in [-0.2, -0.15) is 0 Å². The highest BCUT2D eigenvalue weighted by Crippen LogP contribution is 2.46. The van der Waals surface area contributed by atoms with Crippen molar-refractivity contribution >= 4 is 0 Å². The topological polar surface area (TPSA) is 21.3 Å². The lowest BCUT2D eigenvalue weighted by Gasteiger charge is -2.45. The molecular formula is C19H29NO. The molecule has 1 heterocycles. The molecule has 116 valence electrons. The number of hydrogen-bond donors (Lipinski definition) is 1. The Morgan fingerprint density at radius 1 is 1.24 bits per heavy atom. The molecule has 21 heavy (non-hydrogen) atoms. The third kappa shape index (κ3) is 3.26. The van der Waals surface area contributed by atoms with E-state index in [2.05, 4.69) is 44.3 Å². The van der Waals surface area contributed by atoms with Gasteiger partial charge in [0, 0.05) is 18.0 Å². The number of rotatable bonds is 3. The number of nitrogens with one attached hydrogen (secondary N) is 1. The molecule has 0 aromatic heterocycles. The fourth-order valence-electron chi connectivity index (χ4n) is 3.84. The molecule has 0 amide bonds. The lowest BCUT2D eigenvalue weighted by atomic mass is 9.77. The van der Waals surface area contributed by atoms with Gasteiger partial charge in [0.25, 0.3) is 0 Å². The second-order valence-corrected chi connectivity index (χ2v) is 7.45. The molecule has 2 nitrogen and oxygen atoms in total. The maximum absolute atomic E-state index is 6.54. The van der Waals surface area contributed by atoms with Gasteiger partial charge in [-0.1, -0.05) is 32.4 Å². The largest absolute Gasteiger partial charge is 0.487 e. The molecule has 1 saturated carbocycles. The van der Waals surface area contributed by atoms with Crippen LogP contribution in [0.1, 0.15) is 69.5 Å². The van der Waals surface area contributed by atoms with Crippen LogP contribution in [0.25, 0.3) is 0 Å². The summed E-state index contributed by atoms with van der Waals surface area (Å²) in [5.41, 5.74) is 2.75. The fourth-order valence-corrected chi connectivity index (χ4v) is 3.84. The van der Waals surface area contributed by atoms with Crippen LogP contribution in [0.4, 0.5) is 0 Å². The Kier molecular flexibility index (Phi) is 4.26. The predicted octanol–water partition coefficient (Wildman–Crippen LogP) is 4.77. The van der Waals surface area contributed by atoms with E-state index in [1.807, 2.05) is 0 Å². The maximum Gasteiger partial charge on any atom is 0.125 e. The van der Waals surface area contributed by atoms with Gasteiger partial charge < -0.3 is 10.1 Å². The van der Waals surface area contributed by atoms with Crippen LogP contribution in [0, 0.1) is 12.8 Å². The molecular weight excluding hydrogens is 258 g/mol. The molecule has 2 aliphatic rings. The monoisotopic (exact) mass is 287 g/mol. The van der Waals surface area contributed by atoms with Crippen molar-refractivity contribution in [2.24, 2.45) is 5.92 Å².